The summed E-state index contributed by atoms with van der Waals surface area (Å²) in [4.78, 5) is 10.1. The Morgan fingerprint density at radius 1 is 1.45 bits per heavy atom. The number of rotatable bonds is 6. The summed E-state index contributed by atoms with van der Waals surface area (Å²) < 4.78 is 26.7. The van der Waals surface area contributed by atoms with Crippen LogP contribution >= 0.6 is 0 Å². The summed E-state index contributed by atoms with van der Waals surface area (Å²) in [6.45, 7) is 2.32. The van der Waals surface area contributed by atoms with Gasteiger partial charge < -0.3 is 5.43 Å². The fraction of sp³-hybridized carbons (Fsp3) is 0.455. The van der Waals surface area contributed by atoms with E-state index in [1.54, 1.807) is 0 Å². The van der Waals surface area contributed by atoms with Gasteiger partial charge in [-0.05, 0) is 30.4 Å². The van der Waals surface area contributed by atoms with Crippen LogP contribution in [-0.2, 0) is 10.0 Å². The highest BCUT2D eigenvalue weighted by Gasteiger charge is 2.38. The van der Waals surface area contributed by atoms with E-state index in [9.17, 15) is 18.5 Å². The van der Waals surface area contributed by atoms with Gasteiger partial charge in [-0.3, -0.25) is 16.0 Å². The highest BCUT2D eigenvalue weighted by atomic mass is 32.2. The average molecular weight is 300 g/mol. The van der Waals surface area contributed by atoms with E-state index in [0.717, 1.165) is 18.9 Å². The van der Waals surface area contributed by atoms with Crippen LogP contribution in [0, 0.1) is 15.5 Å². The first kappa shape index (κ1) is 14.7. The van der Waals surface area contributed by atoms with Gasteiger partial charge in [0.15, 0.2) is 0 Å². The molecule has 1 aromatic carbocycles. The number of anilines is 1. The first-order valence-electron chi connectivity index (χ1n) is 6.02. The molecule has 0 amide bonds. The lowest BCUT2D eigenvalue weighted by molar-refractivity contribution is -0.384. The summed E-state index contributed by atoms with van der Waals surface area (Å²) in [6, 6.07) is 3.54. The van der Waals surface area contributed by atoms with Gasteiger partial charge in [-0.15, -0.1) is 0 Å². The number of nitro benzene ring substituents is 1. The van der Waals surface area contributed by atoms with E-state index in [2.05, 4.69) is 10.1 Å². The van der Waals surface area contributed by atoms with Crippen LogP contribution in [0.15, 0.2) is 23.1 Å². The predicted molar refractivity (Wildman–Crippen MR) is 73.4 cm³/mol. The van der Waals surface area contributed by atoms with Crippen molar-refractivity contribution in [3.63, 3.8) is 0 Å². The van der Waals surface area contributed by atoms with Crippen molar-refractivity contribution in [2.45, 2.75) is 24.7 Å². The molecule has 0 unspecified atom stereocenters. The number of hydrogen-bond acceptors (Lipinski definition) is 6. The SMILES string of the molecule is CC1(CNS(=O)(=O)c2ccc(NN)c([N+](=O)[O-])c2)CC1. The fourth-order valence-electron chi connectivity index (χ4n) is 1.69. The molecule has 0 aliphatic heterocycles. The summed E-state index contributed by atoms with van der Waals surface area (Å²) in [6.07, 6.45) is 1.96. The van der Waals surface area contributed by atoms with Gasteiger partial charge in [-0.25, -0.2) is 13.1 Å². The average Bonchev–Trinajstić information content (AvgIpc) is 3.14. The van der Waals surface area contributed by atoms with Gasteiger partial charge in [0.25, 0.3) is 5.69 Å². The molecule has 0 heterocycles. The molecule has 0 atom stereocenters. The van der Waals surface area contributed by atoms with Crippen LogP contribution in [0.3, 0.4) is 0 Å². The van der Waals surface area contributed by atoms with E-state index in [4.69, 9.17) is 5.84 Å². The molecule has 0 aromatic heterocycles. The number of benzene rings is 1. The van der Waals surface area contributed by atoms with Crippen LogP contribution in [0.1, 0.15) is 19.8 Å². The molecule has 110 valence electrons. The summed E-state index contributed by atoms with van der Waals surface area (Å²) in [7, 11) is -3.76. The van der Waals surface area contributed by atoms with Crippen molar-refractivity contribution in [2.24, 2.45) is 11.3 Å². The van der Waals surface area contributed by atoms with Crippen LogP contribution in [0.4, 0.5) is 11.4 Å². The van der Waals surface area contributed by atoms with Crippen molar-refractivity contribution in [3.8, 4) is 0 Å². The van der Waals surface area contributed by atoms with Crippen LogP contribution < -0.4 is 16.0 Å². The quantitative estimate of drug-likeness (QED) is 0.408. The molecule has 1 aromatic rings. The first-order chi connectivity index (χ1) is 9.27. The van der Waals surface area contributed by atoms with Crippen LogP contribution in [0.25, 0.3) is 0 Å². The third kappa shape index (κ3) is 3.06. The predicted octanol–water partition coefficient (Wildman–Crippen LogP) is 0.959. The third-order valence-corrected chi connectivity index (χ3v) is 4.82. The van der Waals surface area contributed by atoms with E-state index in [0.29, 0.717) is 6.54 Å². The lowest BCUT2D eigenvalue weighted by Crippen LogP contribution is -2.29. The van der Waals surface area contributed by atoms with Gasteiger partial charge >= 0.3 is 0 Å². The van der Waals surface area contributed by atoms with Crippen molar-refractivity contribution in [3.05, 3.63) is 28.3 Å². The minimum atomic E-state index is -3.76. The minimum absolute atomic E-state index is 0.0117. The van der Waals surface area contributed by atoms with E-state index >= 15 is 0 Å². The highest BCUT2D eigenvalue weighted by molar-refractivity contribution is 7.89. The second-order valence-corrected chi connectivity index (χ2v) is 6.98. The lowest BCUT2D eigenvalue weighted by Gasteiger charge is -2.11. The van der Waals surface area contributed by atoms with Crippen molar-refractivity contribution in [1.29, 1.82) is 0 Å². The molecular weight excluding hydrogens is 284 g/mol. The lowest BCUT2D eigenvalue weighted by atomic mass is 10.2. The number of hydrazine groups is 1. The van der Waals surface area contributed by atoms with Crippen molar-refractivity contribution < 1.29 is 13.3 Å². The van der Waals surface area contributed by atoms with Crippen LogP contribution in [0.2, 0.25) is 0 Å². The maximum absolute atomic E-state index is 12.1. The molecule has 1 fully saturated rings. The van der Waals surface area contributed by atoms with E-state index < -0.39 is 14.9 Å². The molecule has 20 heavy (non-hydrogen) atoms. The maximum atomic E-state index is 12.1. The van der Waals surface area contributed by atoms with Gasteiger partial charge in [0.2, 0.25) is 10.0 Å². The molecule has 1 saturated carbocycles. The summed E-state index contributed by atoms with van der Waals surface area (Å²) in [5.41, 5.74) is 1.85. The Labute approximate surface area is 116 Å². The Hall–Kier alpha value is -1.71. The largest absolute Gasteiger partial charge is 0.318 e. The van der Waals surface area contributed by atoms with Gasteiger partial charge in [-0.1, -0.05) is 6.92 Å². The Morgan fingerprint density at radius 3 is 2.60 bits per heavy atom. The van der Waals surface area contributed by atoms with Gasteiger partial charge in [0, 0.05) is 12.6 Å². The third-order valence-electron chi connectivity index (χ3n) is 3.42. The number of nitrogens with one attached hydrogen (secondary N) is 2. The van der Waals surface area contributed by atoms with Crippen molar-refractivity contribution in [1.82, 2.24) is 4.72 Å². The summed E-state index contributed by atoms with van der Waals surface area (Å²) in [5.74, 6) is 5.15. The summed E-state index contributed by atoms with van der Waals surface area (Å²) >= 11 is 0. The molecule has 0 bridgehead atoms. The zero-order valence-corrected chi connectivity index (χ0v) is 11.7. The Balaban J connectivity index is 2.27. The number of hydrogen-bond donors (Lipinski definition) is 3. The topological polar surface area (TPSA) is 127 Å². The van der Waals surface area contributed by atoms with E-state index in [1.165, 1.54) is 12.1 Å². The van der Waals surface area contributed by atoms with Crippen LogP contribution in [-0.4, -0.2) is 19.9 Å². The molecule has 0 radical (unpaired) electrons. The molecule has 0 spiro atoms. The standard InChI is InChI=1S/C11H16N4O4S/c1-11(4-5-11)7-13-20(18,19)8-2-3-9(14-12)10(6-8)15(16)17/h2-3,6,13-14H,4-5,7,12H2,1H3. The Bertz CT molecular complexity index is 640. The fourth-order valence-corrected chi connectivity index (χ4v) is 2.91. The summed E-state index contributed by atoms with van der Waals surface area (Å²) in [5, 5.41) is 10.9. The number of nitro groups is 1. The second-order valence-electron chi connectivity index (χ2n) is 5.22. The van der Waals surface area contributed by atoms with E-state index in [-0.39, 0.29) is 21.7 Å². The zero-order valence-electron chi connectivity index (χ0n) is 10.9. The number of nitrogens with two attached hydrogens (primary N) is 1. The normalized spacial score (nSPS) is 16.7. The van der Waals surface area contributed by atoms with E-state index in [1.807, 2.05) is 6.92 Å². The monoisotopic (exact) mass is 300 g/mol. The molecule has 9 heteroatoms. The smallest absolute Gasteiger partial charge is 0.294 e. The molecule has 1 aliphatic rings. The van der Waals surface area contributed by atoms with Crippen molar-refractivity contribution >= 4 is 21.4 Å². The number of nitrogen functional groups attached to an aromatic ring is 1. The van der Waals surface area contributed by atoms with Gasteiger partial charge in [0.1, 0.15) is 5.69 Å². The number of nitrogens with zero attached hydrogens (tertiary/aromatic N) is 1. The Morgan fingerprint density at radius 2 is 2.10 bits per heavy atom. The first-order valence-corrected chi connectivity index (χ1v) is 7.50. The highest BCUT2D eigenvalue weighted by Crippen LogP contribution is 2.44. The molecule has 1 aliphatic carbocycles. The molecule has 2 rings (SSSR count). The molecular formula is C11H16N4O4S. The Kier molecular flexibility index (Phi) is 3.67. The van der Waals surface area contributed by atoms with Crippen LogP contribution in [0.5, 0.6) is 0 Å². The molecule has 4 N–H and O–H groups in total. The second kappa shape index (κ2) is 5.00. The molecule has 8 nitrogen and oxygen atoms in total. The maximum Gasteiger partial charge on any atom is 0.294 e. The van der Waals surface area contributed by atoms with Gasteiger partial charge in [0.05, 0.1) is 9.82 Å². The molecule has 0 saturated heterocycles. The number of sulfonamides is 1. The van der Waals surface area contributed by atoms with Crippen molar-refractivity contribution in [2.75, 3.05) is 12.0 Å². The zero-order chi connectivity index (χ0) is 15.0. The van der Waals surface area contributed by atoms with Gasteiger partial charge in [-0.2, -0.15) is 0 Å². The minimum Gasteiger partial charge on any atom is -0.318 e.